The Balaban J connectivity index is 2.40. The van der Waals surface area contributed by atoms with Crippen molar-refractivity contribution in [2.75, 3.05) is 18.5 Å². The van der Waals surface area contributed by atoms with E-state index in [1.54, 1.807) is 6.92 Å². The van der Waals surface area contributed by atoms with Crippen LogP contribution in [0.25, 0.3) is 0 Å². The van der Waals surface area contributed by atoms with Crippen molar-refractivity contribution in [1.82, 2.24) is 9.55 Å². The number of carbonyl (C=O) groups is 1. The molecule has 29 heavy (non-hydrogen) atoms. The summed E-state index contributed by atoms with van der Waals surface area (Å²) in [7, 11) is 0.736. The third-order valence-corrected chi connectivity index (χ3v) is 5.04. The van der Waals surface area contributed by atoms with Crippen LogP contribution in [0, 0.1) is 5.82 Å². The summed E-state index contributed by atoms with van der Waals surface area (Å²) < 4.78 is 109. The van der Waals surface area contributed by atoms with E-state index in [4.69, 9.17) is 19.8 Å². The fourth-order valence-corrected chi connectivity index (χ4v) is 2.83. The van der Waals surface area contributed by atoms with Gasteiger partial charge >= 0.3 is 11.8 Å². The molecule has 2 rings (SSSR count). The van der Waals surface area contributed by atoms with Gasteiger partial charge in [-0.3, -0.25) is 9.47 Å². The maximum absolute atomic E-state index is 15.0. The van der Waals surface area contributed by atoms with Gasteiger partial charge in [-0.25, -0.2) is 14.0 Å². The first-order valence-corrected chi connectivity index (χ1v) is 8.48. The number of hydrogen-bond donors (Lipinski definition) is 2. The Morgan fingerprint density at radius 2 is 2.24 bits per heavy atom. The summed E-state index contributed by atoms with van der Waals surface area (Å²) >= 11 is 0. The number of aliphatic hydroxyl groups is 2. The smallest absolute Gasteiger partial charge is 0.415 e. The van der Waals surface area contributed by atoms with Crippen LogP contribution < -0.4 is 10.6 Å². The van der Waals surface area contributed by atoms with Crippen molar-refractivity contribution in [3.8, 4) is 0 Å². The zero-order chi connectivity index (χ0) is 31.7. The lowest BCUT2D eigenvalue weighted by Gasteiger charge is -2.35. The first kappa shape index (κ1) is 12.0. The number of rotatable bonds is 7. The van der Waals surface area contributed by atoms with Gasteiger partial charge in [-0.1, -0.05) is 26.5 Å². The van der Waals surface area contributed by atoms with E-state index < -0.39 is 79.5 Å². The van der Waals surface area contributed by atoms with E-state index in [1.165, 1.54) is 13.8 Å². The van der Waals surface area contributed by atoms with Crippen molar-refractivity contribution in [3.63, 3.8) is 0 Å². The number of carbonyl (C=O) groups excluding carboxylic acids is 1. The lowest BCUT2D eigenvalue weighted by atomic mass is 9.82. The van der Waals surface area contributed by atoms with E-state index in [1.807, 2.05) is 0 Å². The number of aliphatic hydroxyl groups excluding tert-OH is 1. The minimum absolute atomic E-state index is 0.126. The second kappa shape index (κ2) is 8.76. The number of ether oxygens (including phenoxy) is 2. The number of amides is 1. The molecule has 0 unspecified atom stereocenters. The van der Waals surface area contributed by atoms with Crippen molar-refractivity contribution in [1.29, 1.82) is 0 Å². The van der Waals surface area contributed by atoms with Gasteiger partial charge in [0.15, 0.2) is 17.9 Å². The molecule has 1 fully saturated rings. The van der Waals surface area contributed by atoms with E-state index in [-0.39, 0.29) is 11.3 Å². The Morgan fingerprint density at radius 3 is 2.83 bits per heavy atom. The molecule has 1 aliphatic heterocycles. The van der Waals surface area contributed by atoms with Crippen LogP contribution in [0.3, 0.4) is 0 Å². The Kier molecular flexibility index (Phi) is 3.62. The molecule has 4 atom stereocenters. The van der Waals surface area contributed by atoms with Gasteiger partial charge in [0.2, 0.25) is 0 Å². The number of hydrogen-bond acceptors (Lipinski definition) is 7. The second-order valence-electron chi connectivity index (χ2n) is 6.69. The molecule has 1 aromatic rings. The average Bonchev–Trinajstić information content (AvgIpc) is 2.98. The van der Waals surface area contributed by atoms with Crippen LogP contribution in [0.2, 0.25) is 0 Å². The Bertz CT molecular complexity index is 1210. The highest BCUT2D eigenvalue weighted by Crippen LogP contribution is 2.45. The molecule has 0 bridgehead atoms. The van der Waals surface area contributed by atoms with Gasteiger partial charge in [0.25, 0.3) is 0 Å². The molecule has 1 amide bonds. The molecule has 9 nitrogen and oxygen atoms in total. The molecule has 0 aromatic carbocycles. The first-order valence-electron chi connectivity index (χ1n) is 14.0. The number of aromatic nitrogens is 2. The summed E-state index contributed by atoms with van der Waals surface area (Å²) in [6.07, 6.45) is -16.7. The highest BCUT2D eigenvalue weighted by molar-refractivity contribution is 5.85. The summed E-state index contributed by atoms with van der Waals surface area (Å²) in [5, 5.41) is 21.3. The van der Waals surface area contributed by atoms with Crippen molar-refractivity contribution >= 4 is 11.9 Å². The van der Waals surface area contributed by atoms with Gasteiger partial charge in [-0.05, 0) is 26.6 Å². The highest BCUT2D eigenvalue weighted by Gasteiger charge is 2.59. The number of halogens is 1. The van der Waals surface area contributed by atoms with Crippen LogP contribution in [0.15, 0.2) is 11.0 Å². The molecule has 0 radical (unpaired) electrons. The minimum atomic E-state index is -4.12. The molecule has 0 aliphatic carbocycles. The molecular formula is C19H30FN3O6. The van der Waals surface area contributed by atoms with Crippen LogP contribution in [0.4, 0.5) is 15.0 Å². The van der Waals surface area contributed by atoms with E-state index in [0.29, 0.717) is 10.8 Å². The predicted molar refractivity (Wildman–Crippen MR) is 103 cm³/mol. The topological polar surface area (TPSA) is 114 Å². The van der Waals surface area contributed by atoms with E-state index in [9.17, 15) is 19.8 Å². The standard InChI is InChI=1S/C19H30FN3O6/c1-6-8-9-10-28-17(26)22(5)14-12(20)11-23(16(25)21-14)15-13(24)19(4,27)18(3,7-2)29-15/h11,13,15,24,27H,6-10H2,1-5H3/t13-,15+,18+,19-/m0/s1/i1D3,6D2,8D2,9D2,10D2. The van der Waals surface area contributed by atoms with Gasteiger partial charge in [0.05, 0.1) is 21.1 Å². The van der Waals surface area contributed by atoms with Gasteiger partial charge in [0, 0.05) is 19.4 Å². The molecule has 164 valence electrons. The highest BCUT2D eigenvalue weighted by atomic mass is 19.1. The Hall–Kier alpha value is -2.04. The van der Waals surface area contributed by atoms with Gasteiger partial charge in [-0.2, -0.15) is 4.98 Å². The van der Waals surface area contributed by atoms with Crippen LogP contribution in [-0.2, 0) is 9.47 Å². The Morgan fingerprint density at radius 1 is 1.55 bits per heavy atom. The summed E-state index contributed by atoms with van der Waals surface area (Å²) in [4.78, 5) is 28.8. The van der Waals surface area contributed by atoms with Gasteiger partial charge in [0.1, 0.15) is 11.7 Å². The van der Waals surface area contributed by atoms with Crippen molar-refractivity contribution in [2.24, 2.45) is 0 Å². The van der Waals surface area contributed by atoms with Gasteiger partial charge in [-0.15, -0.1) is 0 Å². The lowest BCUT2D eigenvalue weighted by Crippen LogP contribution is -2.52. The van der Waals surface area contributed by atoms with Crippen LogP contribution >= 0.6 is 0 Å². The summed E-state index contributed by atoms with van der Waals surface area (Å²) in [6, 6.07) is 0. The van der Waals surface area contributed by atoms with Crippen LogP contribution in [-0.4, -0.2) is 56.8 Å². The quantitative estimate of drug-likeness (QED) is 0.685. The molecule has 1 saturated heterocycles. The molecule has 2 N–H and O–H groups in total. The SMILES string of the molecule is [2H]C([2H])([2H])C([2H])([2H])C([2H])([2H])C([2H])([2H])C([2H])([2H])OC(=O)N(C)c1nc(=O)n([C@@H]2O[C@](C)(CC)[C@@](C)(O)[C@H]2O)cc1F. The summed E-state index contributed by atoms with van der Waals surface area (Å²) in [5.74, 6) is -2.49. The molecule has 10 heteroatoms. The molecule has 0 saturated carbocycles. The van der Waals surface area contributed by atoms with Gasteiger partial charge < -0.3 is 19.7 Å². The second-order valence-corrected chi connectivity index (χ2v) is 6.69. The van der Waals surface area contributed by atoms with Crippen molar-refractivity contribution < 1.29 is 44.0 Å². The van der Waals surface area contributed by atoms with E-state index in [0.717, 1.165) is 7.05 Å². The summed E-state index contributed by atoms with van der Waals surface area (Å²) in [6.45, 7) is -3.44. The van der Waals surface area contributed by atoms with E-state index >= 15 is 4.39 Å². The van der Waals surface area contributed by atoms with Crippen molar-refractivity contribution in [3.05, 3.63) is 22.5 Å². The zero-order valence-corrected chi connectivity index (χ0v) is 16.2. The molecule has 2 heterocycles. The third kappa shape index (κ3) is 4.29. The van der Waals surface area contributed by atoms with E-state index in [2.05, 4.69) is 9.72 Å². The fourth-order valence-electron chi connectivity index (χ4n) is 2.83. The van der Waals surface area contributed by atoms with Crippen LogP contribution in [0.1, 0.15) is 74.5 Å². The third-order valence-electron chi connectivity index (χ3n) is 5.04. The monoisotopic (exact) mass is 426 g/mol. The van der Waals surface area contributed by atoms with Crippen molar-refractivity contribution in [2.45, 2.75) is 76.7 Å². The maximum Gasteiger partial charge on any atom is 0.415 e. The lowest BCUT2D eigenvalue weighted by molar-refractivity contribution is -0.130. The minimum Gasteiger partial charge on any atom is -0.449 e. The molecule has 1 aliphatic rings. The molecule has 0 spiro atoms. The number of nitrogens with zero attached hydrogens (tertiary/aromatic N) is 3. The molecular weight excluding hydrogens is 385 g/mol. The largest absolute Gasteiger partial charge is 0.449 e. The molecule has 1 aromatic heterocycles. The first-order chi connectivity index (χ1) is 17.6. The predicted octanol–water partition coefficient (Wildman–Crippen LogP) is 1.95. The maximum atomic E-state index is 15.0. The zero-order valence-electron chi connectivity index (χ0n) is 27.2. The summed E-state index contributed by atoms with van der Waals surface area (Å²) in [5.41, 5.74) is -4.51. The number of anilines is 1. The Labute approximate surface area is 184 Å². The average molecular weight is 427 g/mol. The fraction of sp³-hybridized carbons (Fsp3) is 0.737. The van der Waals surface area contributed by atoms with Crippen LogP contribution in [0.5, 0.6) is 0 Å². The normalized spacial score (nSPS) is 37.1.